The summed E-state index contributed by atoms with van der Waals surface area (Å²) in [7, 11) is 3.73. The van der Waals surface area contributed by atoms with Gasteiger partial charge in [-0.3, -0.25) is 0 Å². The van der Waals surface area contributed by atoms with Gasteiger partial charge in [0, 0.05) is 20.0 Å². The van der Waals surface area contributed by atoms with E-state index in [0.29, 0.717) is 5.88 Å². The summed E-state index contributed by atoms with van der Waals surface area (Å²) in [4.78, 5) is 3.65. The average Bonchev–Trinajstić information content (AvgIpc) is 2.44. The number of rotatable bonds is 1. The highest BCUT2D eigenvalue weighted by Crippen LogP contribution is 2.37. The molecule has 1 N–H and O–H groups in total. The monoisotopic (exact) mass is 212 g/mol. The van der Waals surface area contributed by atoms with Crippen molar-refractivity contribution in [3.8, 4) is 0 Å². The molecule has 1 aromatic carbocycles. The van der Waals surface area contributed by atoms with E-state index in [4.69, 9.17) is 11.6 Å². The van der Waals surface area contributed by atoms with Gasteiger partial charge in [-0.25, -0.2) is 0 Å². The zero-order valence-corrected chi connectivity index (χ0v) is 8.99. The lowest BCUT2D eigenvalue weighted by atomic mass is 10.2. The second kappa shape index (κ2) is 3.33. The highest BCUT2D eigenvalue weighted by Gasteiger charge is 2.28. The normalized spacial score (nSPS) is 20.1. The first-order valence-electron chi connectivity index (χ1n) is 4.48. The fraction of sp³-hybridized carbons (Fsp3) is 0.400. The number of hydrogen-bond acceptors (Lipinski definition) is 3. The topological polar surface area (TPSA) is 26.7 Å². The molecule has 3 nitrogen and oxygen atoms in total. The summed E-state index contributed by atoms with van der Waals surface area (Å²) < 4.78 is 0. The van der Waals surface area contributed by atoms with Crippen LogP contribution in [0.3, 0.4) is 0 Å². The van der Waals surface area contributed by atoms with Crippen LogP contribution < -0.4 is 9.80 Å². The van der Waals surface area contributed by atoms with Gasteiger partial charge in [-0.05, 0) is 17.7 Å². The van der Waals surface area contributed by atoms with Gasteiger partial charge in [0.25, 0.3) is 0 Å². The summed E-state index contributed by atoms with van der Waals surface area (Å²) in [6.07, 6.45) is -0.574. The molecule has 0 radical (unpaired) electrons. The van der Waals surface area contributed by atoms with Crippen LogP contribution in [0, 0.1) is 0 Å². The Labute approximate surface area is 88.5 Å². The zero-order valence-electron chi connectivity index (χ0n) is 8.24. The second-order valence-corrected chi connectivity index (χ2v) is 3.79. The number of hydrogen-bond donors (Lipinski definition) is 1. The van der Waals surface area contributed by atoms with E-state index in [1.807, 2.05) is 42.1 Å². The standard InChI is InChI=1S/C10H13ClN2O/c1-12-8-4-3-7(6-11)5-9(8)13(2)10(12)14/h3-5,10,14H,6H2,1-2H3. The van der Waals surface area contributed by atoms with E-state index in [-0.39, 0.29) is 0 Å². The van der Waals surface area contributed by atoms with Crippen molar-refractivity contribution in [3.63, 3.8) is 0 Å². The molecule has 1 unspecified atom stereocenters. The zero-order chi connectivity index (χ0) is 10.3. The van der Waals surface area contributed by atoms with Crippen LogP contribution in [-0.4, -0.2) is 25.6 Å². The summed E-state index contributed by atoms with van der Waals surface area (Å²) in [5.41, 5.74) is 3.13. The third-order valence-electron chi connectivity index (χ3n) is 2.65. The van der Waals surface area contributed by atoms with Gasteiger partial charge >= 0.3 is 0 Å². The quantitative estimate of drug-likeness (QED) is 0.717. The number of halogens is 1. The van der Waals surface area contributed by atoms with Crippen LogP contribution in [0.1, 0.15) is 5.56 Å². The number of fused-ring (bicyclic) bond motifs is 1. The van der Waals surface area contributed by atoms with Crippen molar-refractivity contribution in [2.24, 2.45) is 0 Å². The number of nitrogens with zero attached hydrogens (tertiary/aromatic N) is 2. The Kier molecular flexibility index (Phi) is 2.29. The SMILES string of the molecule is CN1c2ccc(CCl)cc2N(C)C1O. The number of aliphatic hydroxyl groups is 1. The maximum atomic E-state index is 9.77. The molecule has 0 aromatic heterocycles. The third kappa shape index (κ3) is 1.24. The Bertz CT molecular complexity index is 356. The lowest BCUT2D eigenvalue weighted by Gasteiger charge is -2.21. The fourth-order valence-electron chi connectivity index (χ4n) is 1.74. The highest BCUT2D eigenvalue weighted by molar-refractivity contribution is 6.17. The minimum absolute atomic E-state index is 0.501. The molecule has 1 atom stereocenters. The highest BCUT2D eigenvalue weighted by atomic mass is 35.5. The Morgan fingerprint density at radius 1 is 1.29 bits per heavy atom. The van der Waals surface area contributed by atoms with Gasteiger partial charge in [-0.15, -0.1) is 11.6 Å². The van der Waals surface area contributed by atoms with Crippen LogP contribution in [0.5, 0.6) is 0 Å². The second-order valence-electron chi connectivity index (χ2n) is 3.52. The molecule has 1 aliphatic rings. The number of aliphatic hydroxyl groups excluding tert-OH is 1. The van der Waals surface area contributed by atoms with Crippen LogP contribution >= 0.6 is 11.6 Å². The summed E-state index contributed by atoms with van der Waals surface area (Å²) in [5.74, 6) is 0.501. The molecule has 0 bridgehead atoms. The van der Waals surface area contributed by atoms with E-state index in [1.54, 1.807) is 0 Å². The maximum absolute atomic E-state index is 9.77. The molecule has 1 aromatic rings. The first kappa shape index (κ1) is 9.62. The van der Waals surface area contributed by atoms with E-state index in [2.05, 4.69) is 0 Å². The van der Waals surface area contributed by atoms with Crippen molar-refractivity contribution < 1.29 is 5.11 Å². The third-order valence-corrected chi connectivity index (χ3v) is 2.96. The van der Waals surface area contributed by atoms with Gasteiger partial charge in [0.1, 0.15) is 0 Å². The van der Waals surface area contributed by atoms with Gasteiger partial charge in [0.2, 0.25) is 6.35 Å². The lowest BCUT2D eigenvalue weighted by molar-refractivity contribution is 0.183. The molecule has 0 fully saturated rings. The van der Waals surface area contributed by atoms with Crippen molar-refractivity contribution in [1.82, 2.24) is 0 Å². The van der Waals surface area contributed by atoms with Crippen molar-refractivity contribution in [2.75, 3.05) is 23.9 Å². The van der Waals surface area contributed by atoms with Crippen molar-refractivity contribution in [1.29, 1.82) is 0 Å². The minimum atomic E-state index is -0.574. The number of benzene rings is 1. The number of anilines is 2. The number of alkyl halides is 1. The van der Waals surface area contributed by atoms with Crippen LogP contribution in [0.15, 0.2) is 18.2 Å². The largest absolute Gasteiger partial charge is 0.356 e. The molecule has 0 aliphatic carbocycles. The molecular weight excluding hydrogens is 200 g/mol. The van der Waals surface area contributed by atoms with E-state index < -0.39 is 6.35 Å². The molecule has 1 heterocycles. The van der Waals surface area contributed by atoms with Crippen LogP contribution in [0.25, 0.3) is 0 Å². The predicted octanol–water partition coefficient (Wildman–Crippen LogP) is 1.59. The van der Waals surface area contributed by atoms with Crippen molar-refractivity contribution in [2.45, 2.75) is 12.2 Å². The molecular formula is C10H13ClN2O. The van der Waals surface area contributed by atoms with Gasteiger partial charge in [0.05, 0.1) is 11.4 Å². The molecule has 0 spiro atoms. The summed E-state index contributed by atoms with van der Waals surface area (Å²) >= 11 is 5.75. The first-order valence-corrected chi connectivity index (χ1v) is 5.01. The molecule has 0 saturated heterocycles. The lowest BCUT2D eigenvalue weighted by Crippen LogP contribution is -2.38. The Morgan fingerprint density at radius 3 is 2.57 bits per heavy atom. The molecule has 1 aliphatic heterocycles. The van der Waals surface area contributed by atoms with Gasteiger partial charge in [-0.2, -0.15) is 0 Å². The van der Waals surface area contributed by atoms with E-state index in [0.717, 1.165) is 16.9 Å². The van der Waals surface area contributed by atoms with Crippen LogP contribution in [0.2, 0.25) is 0 Å². The van der Waals surface area contributed by atoms with Crippen molar-refractivity contribution in [3.05, 3.63) is 23.8 Å². The van der Waals surface area contributed by atoms with E-state index in [1.165, 1.54) is 0 Å². The van der Waals surface area contributed by atoms with E-state index >= 15 is 0 Å². The molecule has 4 heteroatoms. The molecule has 14 heavy (non-hydrogen) atoms. The molecule has 2 rings (SSSR count). The maximum Gasteiger partial charge on any atom is 0.207 e. The summed E-state index contributed by atoms with van der Waals surface area (Å²) in [5, 5.41) is 9.77. The van der Waals surface area contributed by atoms with Gasteiger partial charge < -0.3 is 14.9 Å². The van der Waals surface area contributed by atoms with Gasteiger partial charge in [0.15, 0.2) is 0 Å². The fourth-order valence-corrected chi connectivity index (χ4v) is 1.91. The van der Waals surface area contributed by atoms with Crippen LogP contribution in [-0.2, 0) is 5.88 Å². The summed E-state index contributed by atoms with van der Waals surface area (Å²) in [6, 6.07) is 5.98. The Hall–Kier alpha value is -0.930. The van der Waals surface area contributed by atoms with Gasteiger partial charge in [-0.1, -0.05) is 6.07 Å². The molecule has 76 valence electrons. The average molecular weight is 213 g/mol. The summed E-state index contributed by atoms with van der Waals surface area (Å²) in [6.45, 7) is 0. The van der Waals surface area contributed by atoms with Crippen LogP contribution in [0.4, 0.5) is 11.4 Å². The smallest absolute Gasteiger partial charge is 0.207 e. The molecule has 0 amide bonds. The molecule has 0 saturated carbocycles. The minimum Gasteiger partial charge on any atom is -0.356 e. The Balaban J connectivity index is 2.48. The van der Waals surface area contributed by atoms with E-state index in [9.17, 15) is 5.11 Å². The Morgan fingerprint density at radius 2 is 1.93 bits per heavy atom. The predicted molar refractivity (Wildman–Crippen MR) is 58.8 cm³/mol. The van der Waals surface area contributed by atoms with Crippen molar-refractivity contribution >= 4 is 23.0 Å². The first-order chi connectivity index (χ1) is 6.65.